The molecule has 0 unspecified atom stereocenters. The van der Waals surface area contributed by atoms with Crippen molar-refractivity contribution in [3.8, 4) is 0 Å². The van der Waals surface area contributed by atoms with Gasteiger partial charge in [0.05, 0.1) is 6.20 Å². The van der Waals surface area contributed by atoms with Gasteiger partial charge in [-0.2, -0.15) is 5.10 Å². The lowest BCUT2D eigenvalue weighted by molar-refractivity contribution is 0.190. The molecule has 2 aliphatic rings. The first-order valence-corrected chi connectivity index (χ1v) is 9.02. The van der Waals surface area contributed by atoms with Crippen LogP contribution in [0.3, 0.4) is 0 Å². The third-order valence-corrected chi connectivity index (χ3v) is 5.12. The van der Waals surface area contributed by atoms with E-state index in [0.717, 1.165) is 37.7 Å². The molecule has 2 N–H and O–H groups in total. The maximum absolute atomic E-state index is 13.3. The lowest BCUT2D eigenvalue weighted by Crippen LogP contribution is -2.48. The highest BCUT2D eigenvalue weighted by Crippen LogP contribution is 2.27. The van der Waals surface area contributed by atoms with Crippen LogP contribution in [0.1, 0.15) is 36.1 Å². The minimum atomic E-state index is -0.224. The number of rotatable bonds is 5. The molecule has 25 heavy (non-hydrogen) atoms. The SMILES string of the molecule is O=C(N[C@@H]1CCc2[nH]ncc2C1)N(CCc1cccc(F)c1)C1CC1. The topological polar surface area (TPSA) is 61.0 Å². The fraction of sp³-hybridized carbons (Fsp3) is 0.474. The average Bonchev–Trinajstić information content (AvgIpc) is 3.32. The molecule has 4 rings (SSSR count). The number of aryl methyl sites for hydroxylation is 1. The van der Waals surface area contributed by atoms with Crippen LogP contribution in [-0.2, 0) is 19.3 Å². The highest BCUT2D eigenvalue weighted by molar-refractivity contribution is 5.75. The Balaban J connectivity index is 1.35. The molecule has 2 aromatic rings. The van der Waals surface area contributed by atoms with Crippen LogP contribution >= 0.6 is 0 Å². The van der Waals surface area contributed by atoms with Crippen LogP contribution in [0.25, 0.3) is 0 Å². The van der Waals surface area contributed by atoms with Crippen molar-refractivity contribution in [2.75, 3.05) is 6.54 Å². The number of urea groups is 1. The van der Waals surface area contributed by atoms with Crippen LogP contribution in [0.4, 0.5) is 9.18 Å². The number of H-pyrrole nitrogens is 1. The molecular weight excluding hydrogens is 319 g/mol. The predicted octanol–water partition coefficient (Wildman–Crippen LogP) is 2.82. The van der Waals surface area contributed by atoms with Crippen LogP contribution in [-0.4, -0.2) is 39.8 Å². The molecule has 1 saturated carbocycles. The van der Waals surface area contributed by atoms with Crippen LogP contribution in [0.2, 0.25) is 0 Å². The molecule has 132 valence electrons. The summed E-state index contributed by atoms with van der Waals surface area (Å²) in [6, 6.07) is 7.13. The Labute approximate surface area is 146 Å². The van der Waals surface area contributed by atoms with Crippen molar-refractivity contribution in [1.29, 1.82) is 0 Å². The van der Waals surface area contributed by atoms with Gasteiger partial charge in [-0.1, -0.05) is 12.1 Å². The fourth-order valence-corrected chi connectivity index (χ4v) is 3.58. The van der Waals surface area contributed by atoms with Gasteiger partial charge in [0.2, 0.25) is 0 Å². The van der Waals surface area contributed by atoms with Gasteiger partial charge in [-0.25, -0.2) is 9.18 Å². The first kappa shape index (κ1) is 16.1. The second-order valence-electron chi connectivity index (χ2n) is 7.07. The van der Waals surface area contributed by atoms with Gasteiger partial charge in [0.25, 0.3) is 0 Å². The van der Waals surface area contributed by atoms with Gasteiger partial charge < -0.3 is 10.2 Å². The summed E-state index contributed by atoms with van der Waals surface area (Å²) in [7, 11) is 0. The molecule has 0 radical (unpaired) electrons. The summed E-state index contributed by atoms with van der Waals surface area (Å²) in [5.74, 6) is -0.224. The molecule has 0 bridgehead atoms. The van der Waals surface area contributed by atoms with Gasteiger partial charge in [0.1, 0.15) is 5.82 Å². The summed E-state index contributed by atoms with van der Waals surface area (Å²) < 4.78 is 13.3. The molecule has 0 saturated heterocycles. The Morgan fingerprint density at radius 2 is 2.24 bits per heavy atom. The van der Waals surface area contributed by atoms with Crippen LogP contribution in [0, 0.1) is 5.82 Å². The van der Waals surface area contributed by atoms with E-state index in [-0.39, 0.29) is 17.9 Å². The number of halogens is 1. The van der Waals surface area contributed by atoms with Crippen LogP contribution in [0.5, 0.6) is 0 Å². The average molecular weight is 342 g/mol. The Hall–Kier alpha value is -2.37. The van der Waals surface area contributed by atoms with Crippen molar-refractivity contribution in [3.05, 3.63) is 53.1 Å². The molecular formula is C19H23FN4O. The first-order chi connectivity index (χ1) is 12.2. The number of aromatic nitrogens is 2. The zero-order chi connectivity index (χ0) is 17.2. The zero-order valence-corrected chi connectivity index (χ0v) is 14.2. The molecule has 2 amide bonds. The van der Waals surface area contributed by atoms with Gasteiger partial charge in [0.15, 0.2) is 0 Å². The van der Waals surface area contributed by atoms with Crippen molar-refractivity contribution in [1.82, 2.24) is 20.4 Å². The van der Waals surface area contributed by atoms with Gasteiger partial charge >= 0.3 is 6.03 Å². The van der Waals surface area contributed by atoms with E-state index in [2.05, 4.69) is 15.5 Å². The highest BCUT2D eigenvalue weighted by Gasteiger charge is 2.33. The summed E-state index contributed by atoms with van der Waals surface area (Å²) in [4.78, 5) is 14.7. The third-order valence-electron chi connectivity index (χ3n) is 5.12. The Kier molecular flexibility index (Phi) is 4.42. The minimum absolute atomic E-state index is 0.0100. The van der Waals surface area contributed by atoms with Gasteiger partial charge in [-0.3, -0.25) is 5.10 Å². The first-order valence-electron chi connectivity index (χ1n) is 9.02. The van der Waals surface area contributed by atoms with E-state index in [9.17, 15) is 9.18 Å². The van der Waals surface area contributed by atoms with Crippen molar-refractivity contribution in [2.24, 2.45) is 0 Å². The number of aromatic amines is 1. The molecule has 2 aliphatic carbocycles. The smallest absolute Gasteiger partial charge is 0.317 e. The Bertz CT molecular complexity index is 755. The van der Waals surface area contributed by atoms with Crippen molar-refractivity contribution < 1.29 is 9.18 Å². The normalized spacial score (nSPS) is 19.3. The van der Waals surface area contributed by atoms with Crippen molar-refractivity contribution in [2.45, 2.75) is 50.6 Å². The number of hydrogen-bond donors (Lipinski definition) is 2. The lowest BCUT2D eigenvalue weighted by Gasteiger charge is -2.28. The molecule has 1 heterocycles. The van der Waals surface area contributed by atoms with E-state index in [1.165, 1.54) is 17.3 Å². The quantitative estimate of drug-likeness (QED) is 0.878. The number of carbonyl (C=O) groups excluding carboxylic acids is 1. The van der Waals surface area contributed by atoms with E-state index in [4.69, 9.17) is 0 Å². The number of amides is 2. The number of benzene rings is 1. The van der Waals surface area contributed by atoms with Gasteiger partial charge in [0, 0.05) is 24.3 Å². The maximum Gasteiger partial charge on any atom is 0.317 e. The number of nitrogens with one attached hydrogen (secondary N) is 2. The fourth-order valence-electron chi connectivity index (χ4n) is 3.58. The third kappa shape index (κ3) is 3.83. The molecule has 1 aromatic carbocycles. The van der Waals surface area contributed by atoms with Crippen molar-refractivity contribution >= 4 is 6.03 Å². The number of fused-ring (bicyclic) bond motifs is 1. The van der Waals surface area contributed by atoms with Crippen molar-refractivity contribution in [3.63, 3.8) is 0 Å². The second kappa shape index (κ2) is 6.86. The van der Waals surface area contributed by atoms with Gasteiger partial charge in [-0.05, 0) is 61.8 Å². The molecule has 6 heteroatoms. The Morgan fingerprint density at radius 1 is 1.36 bits per heavy atom. The predicted molar refractivity (Wildman–Crippen MR) is 92.8 cm³/mol. The van der Waals surface area contributed by atoms with E-state index in [1.54, 1.807) is 12.1 Å². The summed E-state index contributed by atoms with van der Waals surface area (Å²) in [5.41, 5.74) is 3.32. The standard InChI is InChI=1S/C19H23FN4O/c20-15-3-1-2-13(10-15)8-9-24(17-5-6-17)19(25)22-16-4-7-18-14(11-16)12-21-23-18/h1-3,10,12,16-17H,4-9,11H2,(H,21,23)(H,22,25)/t16-/m1/s1. The maximum atomic E-state index is 13.3. The molecule has 1 atom stereocenters. The summed E-state index contributed by atoms with van der Waals surface area (Å²) in [6.45, 7) is 0.629. The minimum Gasteiger partial charge on any atom is -0.335 e. The van der Waals surface area contributed by atoms with Crippen LogP contribution in [0.15, 0.2) is 30.5 Å². The molecule has 1 aromatic heterocycles. The van der Waals surface area contributed by atoms with E-state index < -0.39 is 0 Å². The number of nitrogens with zero attached hydrogens (tertiary/aromatic N) is 2. The van der Waals surface area contributed by atoms with Gasteiger partial charge in [-0.15, -0.1) is 0 Å². The number of hydrogen-bond acceptors (Lipinski definition) is 2. The second-order valence-corrected chi connectivity index (χ2v) is 7.07. The molecule has 1 fully saturated rings. The largest absolute Gasteiger partial charge is 0.335 e. The molecule has 5 nitrogen and oxygen atoms in total. The monoisotopic (exact) mass is 342 g/mol. The summed E-state index contributed by atoms with van der Waals surface area (Å²) >= 11 is 0. The summed E-state index contributed by atoms with van der Waals surface area (Å²) in [6.07, 6.45) is 7.35. The van der Waals surface area contributed by atoms with E-state index >= 15 is 0 Å². The zero-order valence-electron chi connectivity index (χ0n) is 14.2. The van der Waals surface area contributed by atoms with E-state index in [0.29, 0.717) is 19.0 Å². The molecule has 0 spiro atoms. The molecule has 0 aliphatic heterocycles. The summed E-state index contributed by atoms with van der Waals surface area (Å²) in [5, 5.41) is 10.3. The Morgan fingerprint density at radius 3 is 3.04 bits per heavy atom. The number of carbonyl (C=O) groups is 1. The lowest BCUT2D eigenvalue weighted by atomic mass is 9.94. The van der Waals surface area contributed by atoms with E-state index in [1.807, 2.05) is 17.2 Å². The van der Waals surface area contributed by atoms with Crippen LogP contribution < -0.4 is 5.32 Å². The highest BCUT2D eigenvalue weighted by atomic mass is 19.1.